The summed E-state index contributed by atoms with van der Waals surface area (Å²) in [6.45, 7) is 1.67. The third-order valence-electron chi connectivity index (χ3n) is 3.49. The first-order valence-corrected chi connectivity index (χ1v) is 6.48. The zero-order valence-electron chi connectivity index (χ0n) is 11.1. The van der Waals surface area contributed by atoms with Gasteiger partial charge in [-0.25, -0.2) is 4.98 Å². The number of oxime groups is 1. The van der Waals surface area contributed by atoms with Crippen LogP contribution in [0.3, 0.4) is 0 Å². The minimum Gasteiger partial charge on any atom is -0.475 e. The summed E-state index contributed by atoms with van der Waals surface area (Å²) in [6.07, 6.45) is 5.23. The van der Waals surface area contributed by atoms with E-state index in [2.05, 4.69) is 22.1 Å². The third-order valence-corrected chi connectivity index (χ3v) is 3.49. The van der Waals surface area contributed by atoms with Crippen LogP contribution in [0.5, 0.6) is 5.88 Å². The first-order valence-electron chi connectivity index (χ1n) is 6.48. The van der Waals surface area contributed by atoms with Crippen LogP contribution in [0, 0.1) is 0 Å². The molecule has 1 aromatic rings. The van der Waals surface area contributed by atoms with E-state index in [9.17, 15) is 0 Å². The molecule has 6 nitrogen and oxygen atoms in total. The number of likely N-dealkylation sites (N-methyl/N-ethyl adjacent to an activating group) is 1. The van der Waals surface area contributed by atoms with Crippen LogP contribution in [0.1, 0.15) is 24.8 Å². The Balaban J connectivity index is 2.03. The van der Waals surface area contributed by atoms with E-state index >= 15 is 0 Å². The largest absolute Gasteiger partial charge is 0.475 e. The molecule has 0 saturated carbocycles. The van der Waals surface area contributed by atoms with Crippen molar-refractivity contribution in [1.82, 2.24) is 9.88 Å². The standard InChI is InChI=1S/C13H20N4O2/c1-17-8-3-2-5-10(17)9-19-13-11(12(14)16-18)6-4-7-15-13/h4,6-7,10,18H,2-3,5,8-9H2,1H3,(H2,14,16). The maximum atomic E-state index is 8.74. The van der Waals surface area contributed by atoms with Crippen LogP contribution >= 0.6 is 0 Å². The smallest absolute Gasteiger partial charge is 0.224 e. The Morgan fingerprint density at radius 1 is 1.63 bits per heavy atom. The number of likely N-dealkylation sites (tertiary alicyclic amines) is 1. The molecule has 0 bridgehead atoms. The maximum Gasteiger partial charge on any atom is 0.224 e. The summed E-state index contributed by atoms with van der Waals surface area (Å²) in [5.41, 5.74) is 6.12. The van der Waals surface area contributed by atoms with Gasteiger partial charge >= 0.3 is 0 Å². The molecule has 2 heterocycles. The van der Waals surface area contributed by atoms with Gasteiger partial charge in [0, 0.05) is 12.2 Å². The number of aromatic nitrogens is 1. The third kappa shape index (κ3) is 3.35. The highest BCUT2D eigenvalue weighted by atomic mass is 16.5. The first-order chi connectivity index (χ1) is 9.22. The Kier molecular flexibility index (Phi) is 4.57. The molecule has 104 valence electrons. The van der Waals surface area contributed by atoms with Gasteiger partial charge in [0.2, 0.25) is 5.88 Å². The molecular weight excluding hydrogens is 244 g/mol. The van der Waals surface area contributed by atoms with Gasteiger partial charge in [-0.2, -0.15) is 0 Å². The molecule has 1 saturated heterocycles. The topological polar surface area (TPSA) is 84.0 Å². The molecule has 6 heteroatoms. The normalized spacial score (nSPS) is 21.3. The Morgan fingerprint density at radius 3 is 3.21 bits per heavy atom. The molecule has 2 rings (SSSR count). The molecular formula is C13H20N4O2. The van der Waals surface area contributed by atoms with Gasteiger partial charge in [-0.15, -0.1) is 0 Å². The fourth-order valence-corrected chi connectivity index (χ4v) is 2.28. The number of hydrogen-bond acceptors (Lipinski definition) is 5. The number of rotatable bonds is 4. The Hall–Kier alpha value is -1.82. The lowest BCUT2D eigenvalue weighted by molar-refractivity contribution is 0.122. The van der Waals surface area contributed by atoms with Gasteiger partial charge in [0.25, 0.3) is 0 Å². The quantitative estimate of drug-likeness (QED) is 0.367. The van der Waals surface area contributed by atoms with E-state index in [4.69, 9.17) is 15.7 Å². The van der Waals surface area contributed by atoms with Crippen molar-refractivity contribution in [3.05, 3.63) is 23.9 Å². The van der Waals surface area contributed by atoms with Crippen molar-refractivity contribution in [2.75, 3.05) is 20.2 Å². The first kappa shape index (κ1) is 13.6. The number of pyridine rings is 1. The van der Waals surface area contributed by atoms with Gasteiger partial charge in [0.05, 0.1) is 5.56 Å². The highest BCUT2D eigenvalue weighted by molar-refractivity contribution is 5.98. The molecule has 0 aromatic carbocycles. The molecule has 1 aliphatic heterocycles. The summed E-state index contributed by atoms with van der Waals surface area (Å²) in [6, 6.07) is 3.85. The molecule has 0 aliphatic carbocycles. The molecule has 3 N–H and O–H groups in total. The average Bonchev–Trinajstić information content (AvgIpc) is 2.46. The van der Waals surface area contributed by atoms with Crippen molar-refractivity contribution in [2.24, 2.45) is 10.9 Å². The van der Waals surface area contributed by atoms with E-state index < -0.39 is 0 Å². The molecule has 1 unspecified atom stereocenters. The van der Waals surface area contributed by atoms with E-state index in [0.717, 1.165) is 13.0 Å². The lowest BCUT2D eigenvalue weighted by Gasteiger charge is -2.32. The van der Waals surface area contributed by atoms with Crippen LogP contribution in [0.2, 0.25) is 0 Å². The van der Waals surface area contributed by atoms with E-state index in [-0.39, 0.29) is 5.84 Å². The summed E-state index contributed by atoms with van der Waals surface area (Å²) >= 11 is 0. The van der Waals surface area contributed by atoms with Crippen LogP contribution in [0.15, 0.2) is 23.5 Å². The summed E-state index contributed by atoms with van der Waals surface area (Å²) < 4.78 is 5.75. The van der Waals surface area contributed by atoms with Crippen molar-refractivity contribution >= 4 is 5.84 Å². The second kappa shape index (κ2) is 6.38. The van der Waals surface area contributed by atoms with Crippen LogP contribution in [0.25, 0.3) is 0 Å². The lowest BCUT2D eigenvalue weighted by atomic mass is 10.0. The van der Waals surface area contributed by atoms with Crippen LogP contribution < -0.4 is 10.5 Å². The summed E-state index contributed by atoms with van der Waals surface area (Å²) in [5.74, 6) is 0.428. The fourth-order valence-electron chi connectivity index (χ4n) is 2.28. The summed E-state index contributed by atoms with van der Waals surface area (Å²) in [7, 11) is 2.11. The maximum absolute atomic E-state index is 8.74. The fraction of sp³-hybridized carbons (Fsp3) is 0.538. The highest BCUT2D eigenvalue weighted by Gasteiger charge is 2.20. The molecule has 1 atom stereocenters. The molecule has 1 aliphatic rings. The second-order valence-corrected chi connectivity index (χ2v) is 4.78. The van der Waals surface area contributed by atoms with Gasteiger partial charge < -0.3 is 20.6 Å². The number of ether oxygens (including phenoxy) is 1. The van der Waals surface area contributed by atoms with Crippen molar-refractivity contribution in [2.45, 2.75) is 25.3 Å². The van der Waals surface area contributed by atoms with Crippen LogP contribution in [-0.4, -0.2) is 47.2 Å². The number of piperidine rings is 1. The van der Waals surface area contributed by atoms with Gasteiger partial charge in [-0.3, -0.25) is 0 Å². The highest BCUT2D eigenvalue weighted by Crippen LogP contribution is 2.18. The van der Waals surface area contributed by atoms with Crippen LogP contribution in [-0.2, 0) is 0 Å². The molecule has 0 radical (unpaired) electrons. The van der Waals surface area contributed by atoms with Gasteiger partial charge in [-0.1, -0.05) is 11.6 Å². The van der Waals surface area contributed by atoms with E-state index in [1.807, 2.05) is 0 Å². The monoisotopic (exact) mass is 264 g/mol. The number of nitrogens with two attached hydrogens (primary N) is 1. The second-order valence-electron chi connectivity index (χ2n) is 4.78. The van der Waals surface area contributed by atoms with Crippen molar-refractivity contribution < 1.29 is 9.94 Å². The predicted octanol–water partition coefficient (Wildman–Crippen LogP) is 1.04. The molecule has 1 fully saturated rings. The van der Waals surface area contributed by atoms with Crippen molar-refractivity contribution in [1.29, 1.82) is 0 Å². The predicted molar refractivity (Wildman–Crippen MR) is 72.5 cm³/mol. The Labute approximate surface area is 112 Å². The Morgan fingerprint density at radius 2 is 2.47 bits per heavy atom. The van der Waals surface area contributed by atoms with Gasteiger partial charge in [0.1, 0.15) is 6.61 Å². The van der Waals surface area contributed by atoms with Gasteiger partial charge in [-0.05, 0) is 38.6 Å². The molecule has 0 amide bonds. The molecule has 0 spiro atoms. The number of hydrogen-bond donors (Lipinski definition) is 2. The summed E-state index contributed by atoms with van der Waals surface area (Å²) in [5, 5.41) is 11.7. The average molecular weight is 264 g/mol. The van der Waals surface area contributed by atoms with E-state index in [1.54, 1.807) is 18.3 Å². The number of nitrogens with zero attached hydrogens (tertiary/aromatic N) is 3. The van der Waals surface area contributed by atoms with E-state index in [1.165, 1.54) is 12.8 Å². The zero-order valence-corrected chi connectivity index (χ0v) is 11.1. The number of amidine groups is 1. The van der Waals surface area contributed by atoms with Crippen molar-refractivity contribution in [3.63, 3.8) is 0 Å². The minimum absolute atomic E-state index is 0.0140. The summed E-state index contributed by atoms with van der Waals surface area (Å²) in [4.78, 5) is 6.45. The van der Waals surface area contributed by atoms with E-state index in [0.29, 0.717) is 24.1 Å². The van der Waals surface area contributed by atoms with Crippen LogP contribution in [0.4, 0.5) is 0 Å². The Bertz CT molecular complexity index is 450. The van der Waals surface area contributed by atoms with Crippen molar-refractivity contribution in [3.8, 4) is 5.88 Å². The zero-order chi connectivity index (χ0) is 13.7. The molecule has 19 heavy (non-hydrogen) atoms. The minimum atomic E-state index is 0.0140. The molecule has 1 aromatic heterocycles. The lowest BCUT2D eigenvalue weighted by Crippen LogP contribution is -2.40. The SMILES string of the molecule is CN1CCCCC1COc1ncccc1C(N)=NO. The van der Waals surface area contributed by atoms with Gasteiger partial charge in [0.15, 0.2) is 5.84 Å².